The normalized spacial score (nSPS) is 14.9. The van der Waals surface area contributed by atoms with Gasteiger partial charge in [0.1, 0.15) is 12.4 Å². The molecule has 1 fully saturated rings. The third-order valence-corrected chi connectivity index (χ3v) is 5.97. The summed E-state index contributed by atoms with van der Waals surface area (Å²) in [5.41, 5.74) is 1.66. The number of halogens is 3. The number of aromatic nitrogens is 4. The molecule has 1 aliphatic rings. The van der Waals surface area contributed by atoms with Crippen molar-refractivity contribution in [2.75, 3.05) is 0 Å². The zero-order chi connectivity index (χ0) is 21.6. The van der Waals surface area contributed by atoms with E-state index in [9.17, 15) is 13.6 Å². The molecule has 0 N–H and O–H groups in total. The second-order valence-corrected chi connectivity index (χ2v) is 8.30. The van der Waals surface area contributed by atoms with Crippen LogP contribution in [0.4, 0.5) is 8.78 Å². The van der Waals surface area contributed by atoms with Crippen molar-refractivity contribution in [3.05, 3.63) is 68.1 Å². The van der Waals surface area contributed by atoms with E-state index in [2.05, 4.69) is 17.4 Å². The molecule has 30 heavy (non-hydrogen) atoms. The highest BCUT2D eigenvalue weighted by atomic mass is 35.5. The molecule has 0 amide bonds. The largest absolute Gasteiger partial charge is 0.488 e. The molecule has 0 saturated heterocycles. The van der Waals surface area contributed by atoms with Crippen LogP contribution in [-0.2, 0) is 19.1 Å². The first-order chi connectivity index (χ1) is 14.2. The summed E-state index contributed by atoms with van der Waals surface area (Å²) in [6.45, 7) is 3.89. The van der Waals surface area contributed by atoms with E-state index in [0.29, 0.717) is 10.8 Å². The van der Waals surface area contributed by atoms with Crippen molar-refractivity contribution in [2.45, 2.75) is 45.1 Å². The summed E-state index contributed by atoms with van der Waals surface area (Å²) in [6.07, 6.45) is -0.563. The fourth-order valence-electron chi connectivity index (χ4n) is 3.51. The average Bonchev–Trinajstić information content (AvgIpc) is 3.37. The quantitative estimate of drug-likeness (QED) is 0.573. The summed E-state index contributed by atoms with van der Waals surface area (Å²) in [5.74, 6) is 0.509. The summed E-state index contributed by atoms with van der Waals surface area (Å²) < 4.78 is 35.3. The van der Waals surface area contributed by atoms with Crippen molar-refractivity contribution in [3.63, 3.8) is 0 Å². The van der Waals surface area contributed by atoms with E-state index in [1.165, 1.54) is 25.2 Å². The van der Waals surface area contributed by atoms with Crippen molar-refractivity contribution >= 4 is 11.6 Å². The number of tetrazole rings is 1. The predicted molar refractivity (Wildman–Crippen MR) is 109 cm³/mol. The highest BCUT2D eigenvalue weighted by molar-refractivity contribution is 6.31. The van der Waals surface area contributed by atoms with E-state index in [1.807, 2.05) is 13.0 Å². The summed E-state index contributed by atoms with van der Waals surface area (Å²) in [7, 11) is 1.44. The molecule has 3 aromatic rings. The van der Waals surface area contributed by atoms with Gasteiger partial charge in [-0.25, -0.2) is 13.6 Å². The number of alkyl halides is 2. The fraction of sp³-hybridized carbons (Fsp3) is 0.381. The van der Waals surface area contributed by atoms with Gasteiger partial charge in [0.05, 0.1) is 5.69 Å². The molecule has 2 aromatic carbocycles. The first kappa shape index (κ1) is 20.5. The van der Waals surface area contributed by atoms with Crippen LogP contribution in [0.25, 0.3) is 5.69 Å². The molecule has 4 rings (SSSR count). The zero-order valence-corrected chi connectivity index (χ0v) is 17.6. The SMILES string of the molecule is Cc1cc(C2(C)CC2)c(Cl)cc1OCc1c(C(F)F)cccc1-n1nnn(C)c1=O. The molecule has 0 atom stereocenters. The highest BCUT2D eigenvalue weighted by Crippen LogP contribution is 2.51. The molecule has 1 heterocycles. The van der Waals surface area contributed by atoms with Gasteiger partial charge < -0.3 is 4.74 Å². The van der Waals surface area contributed by atoms with Crippen LogP contribution >= 0.6 is 11.6 Å². The Bertz CT molecular complexity index is 1170. The number of benzene rings is 2. The fourth-order valence-corrected chi connectivity index (χ4v) is 3.89. The monoisotopic (exact) mass is 434 g/mol. The third-order valence-electron chi connectivity index (χ3n) is 5.66. The maximum absolute atomic E-state index is 13.7. The van der Waals surface area contributed by atoms with Gasteiger partial charge in [-0.3, -0.25) is 0 Å². The van der Waals surface area contributed by atoms with Crippen LogP contribution in [0.3, 0.4) is 0 Å². The minimum absolute atomic E-state index is 0.100. The second kappa shape index (κ2) is 7.50. The molecule has 1 saturated carbocycles. The molecule has 0 aliphatic heterocycles. The first-order valence-corrected chi connectivity index (χ1v) is 9.92. The Labute approximate surface area is 177 Å². The van der Waals surface area contributed by atoms with Gasteiger partial charge in [-0.2, -0.15) is 9.36 Å². The Morgan fingerprint density at radius 1 is 1.27 bits per heavy atom. The molecule has 6 nitrogen and oxygen atoms in total. The van der Waals surface area contributed by atoms with Crippen LogP contribution in [0.1, 0.15) is 48.4 Å². The van der Waals surface area contributed by atoms with Crippen molar-refractivity contribution in [3.8, 4) is 11.4 Å². The number of hydrogen-bond acceptors (Lipinski definition) is 4. The summed E-state index contributed by atoms with van der Waals surface area (Å²) in [5, 5.41) is 8.04. The Balaban J connectivity index is 1.70. The van der Waals surface area contributed by atoms with Crippen LogP contribution in [-0.4, -0.2) is 19.8 Å². The van der Waals surface area contributed by atoms with E-state index < -0.39 is 12.1 Å². The number of rotatable bonds is 6. The molecule has 0 bridgehead atoms. The van der Waals surface area contributed by atoms with E-state index >= 15 is 0 Å². The van der Waals surface area contributed by atoms with Crippen LogP contribution in [0.2, 0.25) is 5.02 Å². The maximum atomic E-state index is 13.7. The van der Waals surface area contributed by atoms with Crippen LogP contribution in [0.15, 0.2) is 35.1 Å². The van der Waals surface area contributed by atoms with Gasteiger partial charge in [0, 0.05) is 23.2 Å². The average molecular weight is 435 g/mol. The number of aryl methyl sites for hydroxylation is 2. The van der Waals surface area contributed by atoms with Crippen LogP contribution < -0.4 is 10.4 Å². The van der Waals surface area contributed by atoms with Gasteiger partial charge in [0.15, 0.2) is 0 Å². The lowest BCUT2D eigenvalue weighted by atomic mass is 9.96. The van der Waals surface area contributed by atoms with Gasteiger partial charge in [-0.05, 0) is 58.9 Å². The lowest BCUT2D eigenvalue weighted by Crippen LogP contribution is -2.23. The van der Waals surface area contributed by atoms with E-state index in [1.54, 1.807) is 6.07 Å². The number of ether oxygens (including phenoxy) is 1. The first-order valence-electron chi connectivity index (χ1n) is 9.54. The van der Waals surface area contributed by atoms with E-state index in [0.717, 1.165) is 33.3 Å². The van der Waals surface area contributed by atoms with Crippen molar-refractivity contribution in [2.24, 2.45) is 7.05 Å². The maximum Gasteiger partial charge on any atom is 0.368 e. The van der Waals surface area contributed by atoms with Gasteiger partial charge in [-0.1, -0.05) is 36.7 Å². The van der Waals surface area contributed by atoms with Gasteiger partial charge in [-0.15, -0.1) is 0 Å². The second-order valence-electron chi connectivity index (χ2n) is 7.89. The Kier molecular flexibility index (Phi) is 5.13. The topological polar surface area (TPSA) is 61.9 Å². The Morgan fingerprint density at radius 2 is 2.00 bits per heavy atom. The van der Waals surface area contributed by atoms with Crippen LogP contribution in [0, 0.1) is 6.92 Å². The third kappa shape index (κ3) is 3.60. The Hall–Kier alpha value is -2.74. The molecule has 1 aliphatic carbocycles. The lowest BCUT2D eigenvalue weighted by Gasteiger charge is -2.18. The van der Waals surface area contributed by atoms with Gasteiger partial charge >= 0.3 is 5.69 Å². The summed E-state index contributed by atoms with van der Waals surface area (Å²) in [4.78, 5) is 12.3. The minimum atomic E-state index is -2.74. The summed E-state index contributed by atoms with van der Waals surface area (Å²) in [6, 6.07) is 8.03. The van der Waals surface area contributed by atoms with Crippen molar-refractivity contribution < 1.29 is 13.5 Å². The molecular formula is C21H21ClF2N4O2. The molecular weight excluding hydrogens is 414 g/mol. The minimum Gasteiger partial charge on any atom is -0.488 e. The van der Waals surface area contributed by atoms with Crippen molar-refractivity contribution in [1.29, 1.82) is 0 Å². The van der Waals surface area contributed by atoms with Gasteiger partial charge in [0.25, 0.3) is 6.43 Å². The van der Waals surface area contributed by atoms with Crippen LogP contribution in [0.5, 0.6) is 5.75 Å². The molecule has 0 spiro atoms. The lowest BCUT2D eigenvalue weighted by molar-refractivity contribution is 0.148. The zero-order valence-electron chi connectivity index (χ0n) is 16.8. The molecule has 1 aromatic heterocycles. The Morgan fingerprint density at radius 3 is 2.60 bits per heavy atom. The summed E-state index contributed by atoms with van der Waals surface area (Å²) >= 11 is 6.47. The highest BCUT2D eigenvalue weighted by Gasteiger charge is 2.40. The smallest absolute Gasteiger partial charge is 0.368 e. The molecule has 0 radical (unpaired) electrons. The number of nitrogens with zero attached hydrogens (tertiary/aromatic N) is 4. The number of hydrogen-bond donors (Lipinski definition) is 0. The molecule has 9 heteroatoms. The van der Waals surface area contributed by atoms with Gasteiger partial charge in [0.2, 0.25) is 0 Å². The van der Waals surface area contributed by atoms with Crippen molar-refractivity contribution in [1.82, 2.24) is 19.8 Å². The standard InChI is InChI=1S/C21H21ClF2N4O2/c1-12-9-15(21(2)7-8-21)16(22)10-18(12)30-11-14-13(19(23)24)5-4-6-17(14)28-20(29)27(3)25-26-28/h4-6,9-10,19H,7-8,11H2,1-3H3. The molecule has 158 valence electrons. The van der Waals surface area contributed by atoms with E-state index in [4.69, 9.17) is 16.3 Å². The predicted octanol–water partition coefficient (Wildman–Crippen LogP) is 4.50. The molecule has 0 unspecified atom stereocenters. The van der Waals surface area contributed by atoms with E-state index in [-0.39, 0.29) is 28.8 Å².